The molecule has 2 nitrogen and oxygen atoms in total. The lowest BCUT2D eigenvalue weighted by Crippen LogP contribution is -2.11. The van der Waals surface area contributed by atoms with Gasteiger partial charge in [0.2, 0.25) is 0 Å². The number of pyridine rings is 1. The first-order chi connectivity index (χ1) is 8.82. The maximum atomic E-state index is 4.77. The van der Waals surface area contributed by atoms with Gasteiger partial charge in [-0.2, -0.15) is 0 Å². The van der Waals surface area contributed by atoms with Crippen LogP contribution in [0.4, 0.5) is 5.69 Å². The van der Waals surface area contributed by atoms with Crippen LogP contribution < -0.4 is 5.32 Å². The van der Waals surface area contributed by atoms with Gasteiger partial charge in [0.15, 0.2) is 0 Å². The van der Waals surface area contributed by atoms with Crippen LogP contribution in [0, 0.1) is 0 Å². The first-order valence-electron chi connectivity index (χ1n) is 6.96. The van der Waals surface area contributed by atoms with Crippen molar-refractivity contribution in [3.63, 3.8) is 0 Å². The molecule has 0 atom stereocenters. The topological polar surface area (TPSA) is 24.9 Å². The van der Waals surface area contributed by atoms with Crippen molar-refractivity contribution in [3.05, 3.63) is 35.5 Å². The fourth-order valence-corrected chi connectivity index (χ4v) is 2.22. The van der Waals surface area contributed by atoms with Gasteiger partial charge in [0, 0.05) is 23.8 Å². The molecule has 2 heteroatoms. The van der Waals surface area contributed by atoms with E-state index in [9.17, 15) is 0 Å². The minimum atomic E-state index is 0.163. The Kier molecular flexibility index (Phi) is 3.53. The number of hydrogen-bond acceptors (Lipinski definition) is 2. The zero-order valence-electron chi connectivity index (χ0n) is 12.8. The van der Waals surface area contributed by atoms with Crippen LogP contribution in [0.1, 0.15) is 51.8 Å². The largest absolute Gasteiger partial charge is 0.388 e. The SMILES string of the molecule is CNc1cc(C(C)C)nc2ccc(C(C)(C)C)cc12. The third-order valence-electron chi connectivity index (χ3n) is 3.56. The lowest BCUT2D eigenvalue weighted by Gasteiger charge is -2.20. The van der Waals surface area contributed by atoms with Gasteiger partial charge >= 0.3 is 0 Å². The minimum absolute atomic E-state index is 0.163. The van der Waals surface area contributed by atoms with Gasteiger partial charge in [0.25, 0.3) is 0 Å². The fourth-order valence-electron chi connectivity index (χ4n) is 2.22. The summed E-state index contributed by atoms with van der Waals surface area (Å²) in [6.07, 6.45) is 0. The van der Waals surface area contributed by atoms with E-state index in [4.69, 9.17) is 4.98 Å². The summed E-state index contributed by atoms with van der Waals surface area (Å²) in [6, 6.07) is 8.76. The van der Waals surface area contributed by atoms with Crippen LogP contribution in [-0.2, 0) is 5.41 Å². The average Bonchev–Trinajstić information content (AvgIpc) is 2.35. The third-order valence-corrected chi connectivity index (χ3v) is 3.56. The summed E-state index contributed by atoms with van der Waals surface area (Å²) in [4.78, 5) is 4.77. The summed E-state index contributed by atoms with van der Waals surface area (Å²) in [6.45, 7) is 11.1. The van der Waals surface area contributed by atoms with Gasteiger partial charge in [-0.1, -0.05) is 40.7 Å². The van der Waals surface area contributed by atoms with Crippen molar-refractivity contribution < 1.29 is 0 Å². The molecular weight excluding hydrogens is 232 g/mol. The predicted molar refractivity (Wildman–Crippen MR) is 84.1 cm³/mol. The molecule has 0 saturated carbocycles. The predicted octanol–water partition coefficient (Wildman–Crippen LogP) is 4.70. The smallest absolute Gasteiger partial charge is 0.0726 e. The molecule has 0 unspecified atom stereocenters. The molecule has 0 amide bonds. The van der Waals surface area contributed by atoms with Crippen molar-refractivity contribution >= 4 is 16.6 Å². The number of hydrogen-bond donors (Lipinski definition) is 1. The molecule has 0 bridgehead atoms. The molecule has 2 rings (SSSR count). The van der Waals surface area contributed by atoms with E-state index in [-0.39, 0.29) is 5.41 Å². The van der Waals surface area contributed by atoms with E-state index in [2.05, 4.69) is 64.2 Å². The molecule has 2 aromatic rings. The number of anilines is 1. The molecular formula is C17H24N2. The Morgan fingerprint density at radius 2 is 1.79 bits per heavy atom. The van der Waals surface area contributed by atoms with E-state index >= 15 is 0 Å². The van der Waals surface area contributed by atoms with Crippen LogP contribution in [0.15, 0.2) is 24.3 Å². The van der Waals surface area contributed by atoms with Crippen LogP contribution in [0.2, 0.25) is 0 Å². The van der Waals surface area contributed by atoms with E-state index in [0.717, 1.165) is 11.2 Å². The zero-order chi connectivity index (χ0) is 14.2. The van der Waals surface area contributed by atoms with Gasteiger partial charge in [-0.15, -0.1) is 0 Å². The van der Waals surface area contributed by atoms with Crippen LogP contribution in [0.3, 0.4) is 0 Å². The number of nitrogens with one attached hydrogen (secondary N) is 1. The average molecular weight is 256 g/mol. The summed E-state index contributed by atoms with van der Waals surface area (Å²) in [5.41, 5.74) is 4.88. The molecule has 1 aromatic carbocycles. The molecule has 102 valence electrons. The molecule has 0 fully saturated rings. The molecule has 19 heavy (non-hydrogen) atoms. The van der Waals surface area contributed by atoms with Gasteiger partial charge in [0.1, 0.15) is 0 Å². The molecule has 1 N–H and O–H groups in total. The first-order valence-corrected chi connectivity index (χ1v) is 6.96. The summed E-state index contributed by atoms with van der Waals surface area (Å²) in [7, 11) is 1.97. The van der Waals surface area contributed by atoms with Gasteiger partial charge < -0.3 is 5.32 Å². The van der Waals surface area contributed by atoms with Crippen molar-refractivity contribution in [2.75, 3.05) is 12.4 Å². The highest BCUT2D eigenvalue weighted by Crippen LogP contribution is 2.31. The van der Waals surface area contributed by atoms with Crippen molar-refractivity contribution in [3.8, 4) is 0 Å². The molecule has 1 aromatic heterocycles. The molecule has 0 aliphatic carbocycles. The second-order valence-electron chi connectivity index (χ2n) is 6.48. The Hall–Kier alpha value is -1.57. The lowest BCUT2D eigenvalue weighted by atomic mass is 9.86. The van der Waals surface area contributed by atoms with Crippen molar-refractivity contribution in [2.45, 2.75) is 46.0 Å². The quantitative estimate of drug-likeness (QED) is 0.842. The lowest BCUT2D eigenvalue weighted by molar-refractivity contribution is 0.591. The Labute approximate surface area is 116 Å². The van der Waals surface area contributed by atoms with E-state index in [1.807, 2.05) is 7.05 Å². The van der Waals surface area contributed by atoms with E-state index in [0.29, 0.717) is 5.92 Å². The van der Waals surface area contributed by atoms with Crippen molar-refractivity contribution in [1.29, 1.82) is 0 Å². The van der Waals surface area contributed by atoms with Crippen LogP contribution in [-0.4, -0.2) is 12.0 Å². The van der Waals surface area contributed by atoms with Gasteiger partial charge in [0.05, 0.1) is 5.52 Å². The number of benzene rings is 1. The van der Waals surface area contributed by atoms with Crippen LogP contribution in [0.5, 0.6) is 0 Å². The zero-order valence-corrected chi connectivity index (χ0v) is 12.8. The fraction of sp³-hybridized carbons (Fsp3) is 0.471. The molecule has 0 spiro atoms. The van der Waals surface area contributed by atoms with Crippen LogP contribution in [0.25, 0.3) is 10.9 Å². The Morgan fingerprint density at radius 3 is 2.32 bits per heavy atom. The van der Waals surface area contributed by atoms with E-state index < -0.39 is 0 Å². The Morgan fingerprint density at radius 1 is 1.11 bits per heavy atom. The summed E-state index contributed by atoms with van der Waals surface area (Å²) < 4.78 is 0. The maximum absolute atomic E-state index is 4.77. The van der Waals surface area contributed by atoms with Crippen molar-refractivity contribution in [2.24, 2.45) is 0 Å². The third kappa shape index (κ3) is 2.73. The van der Waals surface area contributed by atoms with Gasteiger partial charge in [-0.3, -0.25) is 4.98 Å². The number of aromatic nitrogens is 1. The second kappa shape index (κ2) is 4.84. The molecule has 0 saturated heterocycles. The normalized spacial score (nSPS) is 12.2. The number of fused-ring (bicyclic) bond motifs is 1. The summed E-state index contributed by atoms with van der Waals surface area (Å²) in [5.74, 6) is 0.443. The minimum Gasteiger partial charge on any atom is -0.388 e. The molecule has 1 heterocycles. The van der Waals surface area contributed by atoms with Gasteiger partial charge in [-0.25, -0.2) is 0 Å². The highest BCUT2D eigenvalue weighted by atomic mass is 14.8. The number of nitrogens with zero attached hydrogens (tertiary/aromatic N) is 1. The molecule has 0 radical (unpaired) electrons. The van der Waals surface area contributed by atoms with Crippen LogP contribution >= 0.6 is 0 Å². The standard InChI is InChI=1S/C17H24N2/c1-11(2)15-10-16(18-6)13-9-12(17(3,4)5)7-8-14(13)19-15/h7-11H,1-6H3,(H,18,19). The van der Waals surface area contributed by atoms with Crippen molar-refractivity contribution in [1.82, 2.24) is 4.98 Å². The summed E-state index contributed by atoms with van der Waals surface area (Å²) >= 11 is 0. The Balaban J connectivity index is 2.69. The first kappa shape index (κ1) is 13.9. The highest BCUT2D eigenvalue weighted by molar-refractivity contribution is 5.92. The number of rotatable bonds is 2. The highest BCUT2D eigenvalue weighted by Gasteiger charge is 2.15. The van der Waals surface area contributed by atoms with Gasteiger partial charge in [-0.05, 0) is 35.1 Å². The van der Waals surface area contributed by atoms with E-state index in [1.54, 1.807) is 0 Å². The van der Waals surface area contributed by atoms with E-state index in [1.165, 1.54) is 16.6 Å². The Bertz CT molecular complexity index is 592. The maximum Gasteiger partial charge on any atom is 0.0726 e. The molecule has 0 aliphatic rings. The summed E-state index contributed by atoms with van der Waals surface area (Å²) in [5, 5.41) is 4.51. The second-order valence-corrected chi connectivity index (χ2v) is 6.48. The molecule has 0 aliphatic heterocycles. The monoisotopic (exact) mass is 256 g/mol.